The lowest BCUT2D eigenvalue weighted by Crippen LogP contribution is -2.40. The number of carboxylic acids is 1. The highest BCUT2D eigenvalue weighted by molar-refractivity contribution is 7.88. The van der Waals surface area contributed by atoms with Crippen LogP contribution >= 0.6 is 0 Å². The number of aryl methyl sites for hydroxylation is 1. The number of hydrogen-bond acceptors (Lipinski definition) is 5. The van der Waals surface area contributed by atoms with Gasteiger partial charge in [-0.2, -0.15) is 0 Å². The molecule has 1 atom stereocenters. The van der Waals surface area contributed by atoms with Crippen LogP contribution in [-0.4, -0.2) is 49.8 Å². The summed E-state index contributed by atoms with van der Waals surface area (Å²) < 4.78 is 30.1. The van der Waals surface area contributed by atoms with Crippen LogP contribution in [0.15, 0.2) is 15.6 Å². The Morgan fingerprint density at radius 2 is 2.00 bits per heavy atom. The molecule has 1 heterocycles. The SMILES string of the molecule is CCCCC(NC(=O)c1cc(S(=O)(=O)N(C)C)oc1C)C(=O)O. The fraction of sp³-hybridized carbons (Fsp3) is 0.571. The van der Waals surface area contributed by atoms with Gasteiger partial charge in [0.1, 0.15) is 11.8 Å². The smallest absolute Gasteiger partial charge is 0.326 e. The number of carbonyl (C=O) groups excluding carboxylic acids is 1. The predicted molar refractivity (Wildman–Crippen MR) is 82.7 cm³/mol. The van der Waals surface area contributed by atoms with Gasteiger partial charge in [0, 0.05) is 20.2 Å². The lowest BCUT2D eigenvalue weighted by molar-refractivity contribution is -0.139. The van der Waals surface area contributed by atoms with Crippen LogP contribution < -0.4 is 5.32 Å². The fourth-order valence-corrected chi connectivity index (χ4v) is 2.75. The summed E-state index contributed by atoms with van der Waals surface area (Å²) in [6.45, 7) is 3.37. The van der Waals surface area contributed by atoms with Crippen LogP contribution in [0.4, 0.5) is 0 Å². The molecule has 0 saturated carbocycles. The van der Waals surface area contributed by atoms with E-state index in [1.54, 1.807) is 0 Å². The first-order valence-corrected chi connectivity index (χ1v) is 8.61. The number of sulfonamides is 1. The predicted octanol–water partition coefficient (Wildman–Crippen LogP) is 1.21. The van der Waals surface area contributed by atoms with Gasteiger partial charge < -0.3 is 14.8 Å². The normalized spacial score (nSPS) is 13.1. The topological polar surface area (TPSA) is 117 Å². The minimum absolute atomic E-state index is 0.00757. The third-order valence-electron chi connectivity index (χ3n) is 3.32. The molecule has 130 valence electrons. The Morgan fingerprint density at radius 1 is 1.39 bits per heavy atom. The second-order valence-electron chi connectivity index (χ2n) is 5.33. The summed E-state index contributed by atoms with van der Waals surface area (Å²) in [5.41, 5.74) is 0.00757. The zero-order valence-corrected chi connectivity index (χ0v) is 14.4. The zero-order valence-electron chi connectivity index (χ0n) is 13.6. The van der Waals surface area contributed by atoms with Gasteiger partial charge in [-0.05, 0) is 13.3 Å². The summed E-state index contributed by atoms with van der Waals surface area (Å²) in [5.74, 6) is -1.69. The molecular weight excluding hydrogens is 324 g/mol. The molecule has 23 heavy (non-hydrogen) atoms. The van der Waals surface area contributed by atoms with Crippen LogP contribution in [0.1, 0.15) is 42.3 Å². The van der Waals surface area contributed by atoms with Gasteiger partial charge in [0.15, 0.2) is 0 Å². The number of nitrogens with one attached hydrogen (secondary N) is 1. The maximum absolute atomic E-state index is 12.2. The van der Waals surface area contributed by atoms with Crippen LogP contribution in [0.3, 0.4) is 0 Å². The second kappa shape index (κ2) is 7.60. The van der Waals surface area contributed by atoms with Crippen molar-refractivity contribution in [3.05, 3.63) is 17.4 Å². The van der Waals surface area contributed by atoms with Gasteiger partial charge in [-0.3, -0.25) is 4.79 Å². The highest BCUT2D eigenvalue weighted by atomic mass is 32.2. The van der Waals surface area contributed by atoms with E-state index < -0.39 is 27.9 Å². The molecule has 0 aliphatic rings. The minimum atomic E-state index is -3.80. The number of nitrogens with zero attached hydrogens (tertiary/aromatic N) is 1. The van der Waals surface area contributed by atoms with E-state index in [-0.39, 0.29) is 16.4 Å². The first kappa shape index (κ1) is 19.2. The van der Waals surface area contributed by atoms with Crippen molar-refractivity contribution in [3.63, 3.8) is 0 Å². The average molecular weight is 346 g/mol. The first-order chi connectivity index (χ1) is 10.6. The molecule has 1 aromatic heterocycles. The molecule has 0 saturated heterocycles. The van der Waals surface area contributed by atoms with E-state index in [1.165, 1.54) is 21.0 Å². The van der Waals surface area contributed by atoms with E-state index in [2.05, 4.69) is 5.32 Å². The fourth-order valence-electron chi connectivity index (χ4n) is 1.89. The van der Waals surface area contributed by atoms with Crippen LogP contribution in [0.25, 0.3) is 0 Å². The summed E-state index contributed by atoms with van der Waals surface area (Å²) in [5, 5.41) is 11.2. The summed E-state index contributed by atoms with van der Waals surface area (Å²) in [6.07, 6.45) is 1.76. The molecule has 0 aromatic carbocycles. The van der Waals surface area contributed by atoms with Crippen molar-refractivity contribution in [3.8, 4) is 0 Å². The van der Waals surface area contributed by atoms with Crippen LogP contribution in [0, 0.1) is 6.92 Å². The Balaban J connectivity index is 3.01. The van der Waals surface area contributed by atoms with Gasteiger partial charge in [0.05, 0.1) is 5.56 Å². The third-order valence-corrected chi connectivity index (χ3v) is 5.00. The Labute approximate surface area is 135 Å². The van der Waals surface area contributed by atoms with Crippen molar-refractivity contribution in [2.45, 2.75) is 44.2 Å². The molecule has 0 bridgehead atoms. The van der Waals surface area contributed by atoms with E-state index >= 15 is 0 Å². The molecule has 0 aliphatic heterocycles. The van der Waals surface area contributed by atoms with Crippen molar-refractivity contribution in [1.29, 1.82) is 0 Å². The lowest BCUT2D eigenvalue weighted by atomic mass is 10.1. The van der Waals surface area contributed by atoms with Crippen molar-refractivity contribution in [2.24, 2.45) is 0 Å². The van der Waals surface area contributed by atoms with Gasteiger partial charge >= 0.3 is 5.97 Å². The third kappa shape index (κ3) is 4.55. The zero-order chi connectivity index (χ0) is 17.8. The molecule has 1 unspecified atom stereocenters. The van der Waals surface area contributed by atoms with Crippen LogP contribution in [0.2, 0.25) is 0 Å². The van der Waals surface area contributed by atoms with Crippen molar-refractivity contribution < 1.29 is 27.5 Å². The Hall–Kier alpha value is -1.87. The van der Waals surface area contributed by atoms with E-state index in [0.717, 1.165) is 16.8 Å². The summed E-state index contributed by atoms with van der Waals surface area (Å²) in [6, 6.07) is 0.0873. The highest BCUT2D eigenvalue weighted by Crippen LogP contribution is 2.21. The van der Waals surface area contributed by atoms with Gasteiger partial charge in [-0.15, -0.1) is 0 Å². The van der Waals surface area contributed by atoms with E-state index in [9.17, 15) is 18.0 Å². The van der Waals surface area contributed by atoms with Crippen molar-refractivity contribution in [2.75, 3.05) is 14.1 Å². The number of furan rings is 1. The summed E-state index contributed by atoms with van der Waals surface area (Å²) in [7, 11) is -1.11. The Morgan fingerprint density at radius 3 is 2.48 bits per heavy atom. The van der Waals surface area contributed by atoms with E-state index in [1.807, 2.05) is 6.92 Å². The van der Waals surface area contributed by atoms with E-state index in [0.29, 0.717) is 12.8 Å². The van der Waals surface area contributed by atoms with Crippen molar-refractivity contribution in [1.82, 2.24) is 9.62 Å². The largest absolute Gasteiger partial charge is 0.480 e. The first-order valence-electron chi connectivity index (χ1n) is 7.17. The molecule has 0 spiro atoms. The number of aliphatic carboxylic acids is 1. The highest BCUT2D eigenvalue weighted by Gasteiger charge is 2.27. The molecule has 1 rings (SSSR count). The van der Waals surface area contributed by atoms with Gasteiger partial charge in [0.2, 0.25) is 5.09 Å². The van der Waals surface area contributed by atoms with Gasteiger partial charge in [-0.25, -0.2) is 17.5 Å². The van der Waals surface area contributed by atoms with E-state index in [4.69, 9.17) is 9.52 Å². The van der Waals surface area contributed by atoms with Gasteiger partial charge in [0.25, 0.3) is 15.9 Å². The van der Waals surface area contributed by atoms with Crippen molar-refractivity contribution >= 4 is 21.9 Å². The van der Waals surface area contributed by atoms with Crippen LogP contribution in [0.5, 0.6) is 0 Å². The number of carboxylic acid groups (broad SMARTS) is 1. The number of rotatable bonds is 8. The summed E-state index contributed by atoms with van der Waals surface area (Å²) >= 11 is 0. The number of amides is 1. The molecule has 0 fully saturated rings. The molecule has 1 amide bonds. The Kier molecular flexibility index (Phi) is 6.34. The number of unbranched alkanes of at least 4 members (excludes halogenated alkanes) is 1. The van der Waals surface area contributed by atoms with Gasteiger partial charge in [-0.1, -0.05) is 19.8 Å². The molecule has 0 aliphatic carbocycles. The molecule has 9 heteroatoms. The molecular formula is C14H22N2O6S. The molecule has 0 radical (unpaired) electrons. The molecule has 8 nitrogen and oxygen atoms in total. The number of hydrogen-bond donors (Lipinski definition) is 2. The lowest BCUT2D eigenvalue weighted by Gasteiger charge is -2.13. The van der Waals surface area contributed by atoms with Crippen LogP contribution in [-0.2, 0) is 14.8 Å². The average Bonchev–Trinajstić information content (AvgIpc) is 2.85. The molecule has 2 N–H and O–H groups in total. The number of carbonyl (C=O) groups is 2. The second-order valence-corrected chi connectivity index (χ2v) is 7.41. The maximum atomic E-state index is 12.2. The Bertz CT molecular complexity index is 677. The molecule has 1 aromatic rings. The summed E-state index contributed by atoms with van der Waals surface area (Å²) in [4.78, 5) is 23.4. The standard InChI is InChI=1S/C14H22N2O6S/c1-5-6-7-11(14(18)19)15-13(17)10-8-12(22-9(10)2)23(20,21)16(3)4/h8,11H,5-7H2,1-4H3,(H,15,17)(H,18,19). The minimum Gasteiger partial charge on any atom is -0.480 e. The maximum Gasteiger partial charge on any atom is 0.326 e. The monoisotopic (exact) mass is 346 g/mol. The quantitative estimate of drug-likeness (QED) is 0.731.